The van der Waals surface area contributed by atoms with Gasteiger partial charge in [-0.05, 0) is 20.8 Å². The van der Waals surface area contributed by atoms with Crippen molar-refractivity contribution in [3.05, 3.63) is 22.6 Å². The quantitative estimate of drug-likeness (QED) is 0.395. The summed E-state index contributed by atoms with van der Waals surface area (Å²) >= 11 is 3.12. The molecule has 1 aromatic rings. The summed E-state index contributed by atoms with van der Waals surface area (Å²) in [5.41, 5.74) is -0.504. The largest absolute Gasteiger partial charge is 1.00 e. The first-order chi connectivity index (χ1) is 5.88. The van der Waals surface area contributed by atoms with Crippen molar-refractivity contribution in [1.82, 2.24) is 0 Å². The van der Waals surface area contributed by atoms with Gasteiger partial charge in [-0.15, -0.1) is 6.07 Å². The fourth-order valence-corrected chi connectivity index (χ4v) is 0.996. The zero-order valence-electron chi connectivity index (χ0n) is 8.68. The molecule has 0 radical (unpaired) electrons. The van der Waals surface area contributed by atoms with E-state index in [0.29, 0.717) is 4.47 Å². The van der Waals surface area contributed by atoms with Crippen LogP contribution in [0.3, 0.4) is 0 Å². The smallest absolute Gasteiger partial charge is 0.583 e. The molecule has 0 aliphatic rings. The second-order valence-corrected chi connectivity index (χ2v) is 4.42. The van der Waals surface area contributed by atoms with Gasteiger partial charge in [0.05, 0.1) is 5.76 Å². The number of esters is 1. The molecule has 0 unspecified atom stereocenters. The third kappa shape index (κ3) is 4.36. The van der Waals surface area contributed by atoms with E-state index in [2.05, 4.69) is 22.2 Å². The van der Waals surface area contributed by atoms with Gasteiger partial charge in [0, 0.05) is 6.26 Å². The fourth-order valence-electron chi connectivity index (χ4n) is 0.707. The van der Waals surface area contributed by atoms with Crippen LogP contribution in [0.25, 0.3) is 0 Å². The average Bonchev–Trinajstić information content (AvgIpc) is 2.31. The zero-order chi connectivity index (χ0) is 10.1. The monoisotopic (exact) mass is 252 g/mol. The van der Waals surface area contributed by atoms with E-state index in [4.69, 9.17) is 9.15 Å². The van der Waals surface area contributed by atoms with E-state index in [1.54, 1.807) is 20.8 Å². The molecule has 72 valence electrons. The molecule has 0 atom stereocenters. The molecule has 0 aliphatic heterocycles. The van der Waals surface area contributed by atoms with Gasteiger partial charge < -0.3 is 9.15 Å². The number of furan rings is 1. The molecular weight excluding hydrogens is 243 g/mol. The standard InChI is InChI=1S/C9H10BrO3.Li/c1-9(2,3)13-8(11)7-4-6(10)5-12-7;/h4H,1-3H3;/q-1;+1. The van der Waals surface area contributed by atoms with E-state index < -0.39 is 11.6 Å². The summed E-state index contributed by atoms with van der Waals surface area (Å²) in [5, 5.41) is 0. The number of hydrogen-bond donors (Lipinski definition) is 0. The van der Waals surface area contributed by atoms with E-state index in [0.717, 1.165) is 0 Å². The number of ether oxygens (including phenoxy) is 1. The predicted molar refractivity (Wildman–Crippen MR) is 50.4 cm³/mol. The number of rotatable bonds is 1. The number of carbonyl (C=O) groups is 1. The van der Waals surface area contributed by atoms with Crippen LogP contribution in [0.2, 0.25) is 0 Å². The second-order valence-electron chi connectivity index (χ2n) is 3.56. The Labute approximate surface area is 103 Å². The van der Waals surface area contributed by atoms with Crippen LogP contribution in [0.5, 0.6) is 0 Å². The minimum absolute atomic E-state index is 0. The molecule has 5 heteroatoms. The average molecular weight is 253 g/mol. The van der Waals surface area contributed by atoms with Gasteiger partial charge in [-0.2, -0.15) is 0 Å². The van der Waals surface area contributed by atoms with E-state index in [-0.39, 0.29) is 24.6 Å². The Kier molecular flexibility index (Phi) is 5.00. The van der Waals surface area contributed by atoms with Gasteiger partial charge in [0.1, 0.15) is 5.60 Å². The number of halogens is 1. The fraction of sp³-hybridized carbons (Fsp3) is 0.444. The van der Waals surface area contributed by atoms with E-state index >= 15 is 0 Å². The molecule has 1 rings (SSSR count). The molecule has 0 fully saturated rings. The van der Waals surface area contributed by atoms with E-state index in [1.807, 2.05) is 0 Å². The summed E-state index contributed by atoms with van der Waals surface area (Å²) < 4.78 is 10.5. The molecule has 0 N–H and O–H groups in total. The summed E-state index contributed by atoms with van der Waals surface area (Å²) in [6.07, 6.45) is 2.48. The maximum absolute atomic E-state index is 11.3. The van der Waals surface area contributed by atoms with Crippen molar-refractivity contribution in [3.63, 3.8) is 0 Å². The van der Waals surface area contributed by atoms with Crippen LogP contribution >= 0.6 is 15.9 Å². The Bertz CT molecular complexity index is 314. The maximum atomic E-state index is 11.3. The molecule has 0 aromatic carbocycles. The Hall–Kier alpha value is -0.173. The molecule has 0 saturated heterocycles. The summed E-state index contributed by atoms with van der Waals surface area (Å²) in [6, 6.07) is 1.52. The Morgan fingerprint density at radius 2 is 2.14 bits per heavy atom. The molecule has 0 bridgehead atoms. The SMILES string of the molecule is CC(C)(C)OC(=O)c1cc(Br)[c-]o1.[Li+]. The van der Waals surface area contributed by atoms with Gasteiger partial charge in [0.25, 0.3) is 0 Å². The van der Waals surface area contributed by atoms with Gasteiger partial charge in [-0.25, -0.2) is 0 Å². The molecule has 14 heavy (non-hydrogen) atoms. The second kappa shape index (κ2) is 5.06. The van der Waals surface area contributed by atoms with Crippen LogP contribution in [-0.2, 0) is 4.74 Å². The van der Waals surface area contributed by atoms with E-state index in [9.17, 15) is 4.79 Å². The zero-order valence-corrected chi connectivity index (χ0v) is 10.3. The van der Waals surface area contributed by atoms with Crippen molar-refractivity contribution in [2.24, 2.45) is 0 Å². The predicted octanol–water partition coefficient (Wildman–Crippen LogP) is -0.198. The summed E-state index contributed by atoms with van der Waals surface area (Å²) in [5.74, 6) is -0.323. The Morgan fingerprint density at radius 3 is 2.50 bits per heavy atom. The maximum Gasteiger partial charge on any atom is 1.00 e. The van der Waals surface area contributed by atoms with Crippen molar-refractivity contribution in [3.8, 4) is 0 Å². The molecule has 0 saturated carbocycles. The van der Waals surface area contributed by atoms with Gasteiger partial charge in [-0.3, -0.25) is 4.79 Å². The molecular formula is C9H10BrLiO3. The van der Waals surface area contributed by atoms with Crippen molar-refractivity contribution < 1.29 is 32.8 Å². The van der Waals surface area contributed by atoms with Crippen LogP contribution in [0.4, 0.5) is 0 Å². The summed E-state index contributed by atoms with van der Waals surface area (Å²) in [4.78, 5) is 11.3. The molecule has 0 amide bonds. The Morgan fingerprint density at radius 1 is 1.57 bits per heavy atom. The first-order valence-corrected chi connectivity index (χ1v) is 4.58. The van der Waals surface area contributed by atoms with Gasteiger partial charge in [0.2, 0.25) is 0 Å². The molecule has 3 nitrogen and oxygen atoms in total. The summed E-state index contributed by atoms with van der Waals surface area (Å²) in [6.45, 7) is 5.39. The van der Waals surface area contributed by atoms with Crippen LogP contribution in [-0.4, -0.2) is 11.6 Å². The van der Waals surface area contributed by atoms with Crippen LogP contribution < -0.4 is 18.9 Å². The minimum Gasteiger partial charge on any atom is -0.583 e. The number of carbonyl (C=O) groups excluding carboxylic acids is 1. The summed E-state index contributed by atoms with van der Waals surface area (Å²) in [7, 11) is 0. The van der Waals surface area contributed by atoms with Crippen molar-refractivity contribution in [2.45, 2.75) is 26.4 Å². The van der Waals surface area contributed by atoms with Gasteiger partial charge in [0.15, 0.2) is 0 Å². The molecule has 0 spiro atoms. The first kappa shape index (κ1) is 13.8. The van der Waals surface area contributed by atoms with E-state index in [1.165, 1.54) is 6.07 Å². The van der Waals surface area contributed by atoms with Crippen LogP contribution in [0, 0.1) is 6.26 Å². The third-order valence-corrected chi connectivity index (χ3v) is 1.51. The van der Waals surface area contributed by atoms with Crippen LogP contribution in [0.1, 0.15) is 31.3 Å². The van der Waals surface area contributed by atoms with Crippen LogP contribution in [0.15, 0.2) is 15.0 Å². The number of hydrogen-bond acceptors (Lipinski definition) is 3. The van der Waals surface area contributed by atoms with Gasteiger partial charge in [-0.1, -0.05) is 20.4 Å². The first-order valence-electron chi connectivity index (χ1n) is 3.79. The van der Waals surface area contributed by atoms with Crippen molar-refractivity contribution in [2.75, 3.05) is 0 Å². The Balaban J connectivity index is 0.00000169. The normalized spacial score (nSPS) is 10.6. The molecule has 1 heterocycles. The van der Waals surface area contributed by atoms with Crippen molar-refractivity contribution in [1.29, 1.82) is 0 Å². The minimum atomic E-state index is -0.504. The molecule has 0 aliphatic carbocycles. The van der Waals surface area contributed by atoms with Crippen molar-refractivity contribution >= 4 is 21.9 Å². The topological polar surface area (TPSA) is 39.4 Å². The third-order valence-electron chi connectivity index (χ3n) is 1.12. The van der Waals surface area contributed by atoms with Gasteiger partial charge >= 0.3 is 24.8 Å². The molecule has 1 aromatic heterocycles.